The molecule has 0 saturated carbocycles. The average molecular weight is 517 g/mol. The third-order valence-electron chi connectivity index (χ3n) is 5.53. The van der Waals surface area contributed by atoms with Crippen LogP contribution in [0.2, 0.25) is 0 Å². The van der Waals surface area contributed by atoms with Crippen LogP contribution in [0.15, 0.2) is 34.5 Å². The van der Waals surface area contributed by atoms with E-state index in [2.05, 4.69) is 10.3 Å². The molecule has 0 fully saturated rings. The van der Waals surface area contributed by atoms with Crippen LogP contribution >= 0.6 is 0 Å². The van der Waals surface area contributed by atoms with E-state index in [0.29, 0.717) is 18.4 Å². The van der Waals surface area contributed by atoms with E-state index in [1.807, 2.05) is 0 Å². The SMILES string of the molecule is CC1=C(N=C(CC(=O)NC(C)(C)C)C(F)(F)F)CN(C(=O)C[C@H](N)Cc2cc(F)ccc2F)CCC1. The molecule has 11 heteroatoms. The zero-order chi connectivity index (χ0) is 27.3. The summed E-state index contributed by atoms with van der Waals surface area (Å²) in [5.41, 5.74) is 4.76. The number of halogens is 5. The standard InChI is InChI=1S/C25H33F5N4O2/c1-15-6-5-9-34(23(36)12-18(31)11-16-10-17(26)7-8-19(16)27)14-20(15)32-21(25(28,29)30)13-22(35)33-24(2,3)4/h7-8,10,18H,5-6,9,11-14,31H2,1-4H3,(H,33,35)/t18-/m1/s1. The number of nitrogens with zero attached hydrogens (tertiary/aromatic N) is 2. The highest BCUT2D eigenvalue weighted by molar-refractivity contribution is 6.04. The van der Waals surface area contributed by atoms with Crippen molar-refractivity contribution in [1.82, 2.24) is 10.2 Å². The molecule has 0 unspecified atom stereocenters. The Bertz CT molecular complexity index is 1030. The number of amides is 2. The third-order valence-corrected chi connectivity index (χ3v) is 5.53. The molecule has 1 atom stereocenters. The fraction of sp³-hybridized carbons (Fsp3) is 0.560. The van der Waals surface area contributed by atoms with E-state index in [1.54, 1.807) is 27.7 Å². The summed E-state index contributed by atoms with van der Waals surface area (Å²) >= 11 is 0. The van der Waals surface area contributed by atoms with Gasteiger partial charge in [-0.25, -0.2) is 8.78 Å². The van der Waals surface area contributed by atoms with E-state index < -0.39 is 53.3 Å². The van der Waals surface area contributed by atoms with Crippen molar-refractivity contribution in [3.63, 3.8) is 0 Å². The Morgan fingerprint density at radius 2 is 1.86 bits per heavy atom. The van der Waals surface area contributed by atoms with Gasteiger partial charge in [0.25, 0.3) is 0 Å². The van der Waals surface area contributed by atoms with Gasteiger partial charge in [0.1, 0.15) is 17.3 Å². The molecule has 200 valence electrons. The minimum Gasteiger partial charge on any atom is -0.351 e. The van der Waals surface area contributed by atoms with Crippen LogP contribution < -0.4 is 11.1 Å². The Morgan fingerprint density at radius 1 is 1.19 bits per heavy atom. The average Bonchev–Trinajstić information content (AvgIpc) is 2.89. The summed E-state index contributed by atoms with van der Waals surface area (Å²) in [5, 5.41) is 2.49. The molecule has 36 heavy (non-hydrogen) atoms. The molecule has 0 aliphatic carbocycles. The second-order valence-electron chi connectivity index (χ2n) is 10.1. The molecule has 6 nitrogen and oxygen atoms in total. The molecular weight excluding hydrogens is 483 g/mol. The van der Waals surface area contributed by atoms with Gasteiger partial charge >= 0.3 is 6.18 Å². The lowest BCUT2D eigenvalue weighted by Gasteiger charge is -2.24. The van der Waals surface area contributed by atoms with Gasteiger partial charge in [0, 0.05) is 24.5 Å². The van der Waals surface area contributed by atoms with Crippen molar-refractivity contribution in [2.75, 3.05) is 13.1 Å². The minimum atomic E-state index is -4.83. The highest BCUT2D eigenvalue weighted by atomic mass is 19.4. The number of rotatable bonds is 7. The van der Waals surface area contributed by atoms with Gasteiger partial charge in [-0.05, 0) is 76.3 Å². The monoisotopic (exact) mass is 516 g/mol. The van der Waals surface area contributed by atoms with E-state index in [9.17, 15) is 31.5 Å². The Balaban J connectivity index is 2.17. The molecule has 1 aromatic carbocycles. The maximum Gasteiger partial charge on any atom is 0.430 e. The smallest absolute Gasteiger partial charge is 0.351 e. The lowest BCUT2D eigenvalue weighted by atomic mass is 10.0. The van der Waals surface area contributed by atoms with Gasteiger partial charge in [-0.15, -0.1) is 0 Å². The Labute approximate surface area is 207 Å². The van der Waals surface area contributed by atoms with Gasteiger partial charge in [0.2, 0.25) is 11.8 Å². The molecule has 0 radical (unpaired) electrons. The van der Waals surface area contributed by atoms with Crippen molar-refractivity contribution in [3.8, 4) is 0 Å². The van der Waals surface area contributed by atoms with Gasteiger partial charge in [0.05, 0.1) is 18.7 Å². The maximum absolute atomic E-state index is 13.9. The van der Waals surface area contributed by atoms with Crippen LogP contribution in [0.3, 0.4) is 0 Å². The number of allylic oxidation sites excluding steroid dienone is 1. The number of carbonyl (C=O) groups is 2. The molecule has 1 aromatic rings. The lowest BCUT2D eigenvalue weighted by Crippen LogP contribution is -2.43. The molecule has 0 spiro atoms. The first-order valence-electron chi connectivity index (χ1n) is 11.7. The van der Waals surface area contributed by atoms with E-state index in [4.69, 9.17) is 5.73 Å². The van der Waals surface area contributed by atoms with Crippen LogP contribution in [-0.2, 0) is 16.0 Å². The molecule has 0 saturated heterocycles. The van der Waals surface area contributed by atoms with E-state index in [0.717, 1.165) is 18.2 Å². The first-order chi connectivity index (χ1) is 16.5. The van der Waals surface area contributed by atoms with Crippen molar-refractivity contribution in [2.24, 2.45) is 10.7 Å². The number of hydrogen-bond acceptors (Lipinski definition) is 4. The maximum atomic E-state index is 13.9. The summed E-state index contributed by atoms with van der Waals surface area (Å²) in [6.07, 6.45) is -5.12. The zero-order valence-electron chi connectivity index (χ0n) is 20.9. The lowest BCUT2D eigenvalue weighted by molar-refractivity contribution is -0.131. The fourth-order valence-electron chi connectivity index (χ4n) is 3.81. The number of carbonyl (C=O) groups excluding carboxylic acids is 2. The number of hydrogen-bond donors (Lipinski definition) is 2. The molecule has 2 rings (SSSR count). The second-order valence-corrected chi connectivity index (χ2v) is 10.1. The summed E-state index contributed by atoms with van der Waals surface area (Å²) in [6, 6.07) is 2.15. The van der Waals surface area contributed by atoms with E-state index in [-0.39, 0.29) is 37.2 Å². The van der Waals surface area contributed by atoms with Crippen LogP contribution in [-0.4, -0.2) is 53.3 Å². The Kier molecular flexibility index (Phi) is 9.76. The van der Waals surface area contributed by atoms with Gasteiger partial charge in [-0.1, -0.05) is 0 Å². The zero-order valence-corrected chi connectivity index (χ0v) is 20.9. The van der Waals surface area contributed by atoms with Crippen LogP contribution in [0.4, 0.5) is 22.0 Å². The van der Waals surface area contributed by atoms with E-state index in [1.165, 1.54) is 4.90 Å². The molecule has 1 heterocycles. The van der Waals surface area contributed by atoms with Crippen LogP contribution in [0.5, 0.6) is 0 Å². The third kappa shape index (κ3) is 9.33. The van der Waals surface area contributed by atoms with Crippen molar-refractivity contribution in [2.45, 2.75) is 77.6 Å². The molecular formula is C25H33F5N4O2. The van der Waals surface area contributed by atoms with Crippen molar-refractivity contribution >= 4 is 17.5 Å². The van der Waals surface area contributed by atoms with Crippen LogP contribution in [0, 0.1) is 11.6 Å². The predicted molar refractivity (Wildman–Crippen MR) is 127 cm³/mol. The summed E-state index contributed by atoms with van der Waals surface area (Å²) < 4.78 is 68.4. The number of nitrogens with one attached hydrogen (secondary N) is 1. The summed E-state index contributed by atoms with van der Waals surface area (Å²) in [6.45, 7) is 6.72. The van der Waals surface area contributed by atoms with Gasteiger partial charge in [-0.3, -0.25) is 14.6 Å². The highest BCUT2D eigenvalue weighted by Crippen LogP contribution is 2.25. The predicted octanol–water partition coefficient (Wildman–Crippen LogP) is 4.43. The minimum absolute atomic E-state index is 0.0375. The van der Waals surface area contributed by atoms with Gasteiger partial charge in [0.15, 0.2) is 0 Å². The van der Waals surface area contributed by atoms with Crippen molar-refractivity contribution in [3.05, 3.63) is 46.7 Å². The number of nitrogens with two attached hydrogens (primary N) is 1. The largest absolute Gasteiger partial charge is 0.430 e. The molecule has 1 aliphatic heterocycles. The normalized spacial score (nSPS) is 16.6. The molecule has 1 aliphatic rings. The second kappa shape index (κ2) is 11.9. The number of benzene rings is 1. The van der Waals surface area contributed by atoms with Crippen LogP contribution in [0.25, 0.3) is 0 Å². The topological polar surface area (TPSA) is 87.8 Å². The summed E-state index contributed by atoms with van der Waals surface area (Å²) in [5.74, 6) is -2.51. The van der Waals surface area contributed by atoms with E-state index >= 15 is 0 Å². The molecule has 0 aromatic heterocycles. The highest BCUT2D eigenvalue weighted by Gasteiger charge is 2.38. The summed E-state index contributed by atoms with van der Waals surface area (Å²) in [4.78, 5) is 30.2. The van der Waals surface area contributed by atoms with Crippen molar-refractivity contribution < 1.29 is 31.5 Å². The summed E-state index contributed by atoms with van der Waals surface area (Å²) in [7, 11) is 0. The van der Waals surface area contributed by atoms with Crippen LogP contribution in [0.1, 0.15) is 58.9 Å². The first kappa shape index (κ1) is 29.4. The molecule has 0 bridgehead atoms. The van der Waals surface area contributed by atoms with Gasteiger partial charge in [-0.2, -0.15) is 13.2 Å². The quantitative estimate of drug-likeness (QED) is 0.415. The van der Waals surface area contributed by atoms with Crippen molar-refractivity contribution in [1.29, 1.82) is 0 Å². The Morgan fingerprint density at radius 3 is 2.47 bits per heavy atom. The number of aliphatic imine (C=N–C) groups is 1. The Hall–Kier alpha value is -2.82. The first-order valence-corrected chi connectivity index (χ1v) is 11.7. The molecule has 3 N–H and O–H groups in total. The fourth-order valence-corrected chi connectivity index (χ4v) is 3.81. The molecule has 2 amide bonds. The van der Waals surface area contributed by atoms with Gasteiger partial charge < -0.3 is 16.0 Å². The number of alkyl halides is 3.